The van der Waals surface area contributed by atoms with Gasteiger partial charge in [0, 0.05) is 24.8 Å². The number of carbonyl (C=O) groups is 1. The summed E-state index contributed by atoms with van der Waals surface area (Å²) in [5.41, 5.74) is 2.82. The summed E-state index contributed by atoms with van der Waals surface area (Å²) < 4.78 is 14.4. The largest absolute Gasteiger partial charge is 1.00 e. The molecule has 3 aliphatic rings. The standard InChI is InChI=1S/C23H31Cl2NO3.Na.H3O4P/c1-23-9-8-18-17-5-3-16(29-22(28)26(12-10-24)13-11-25)14-15(17)2-4-19(18)20(23)6-7-21(23)27;;1-5(2,3)4/h3,5,14,18-21,27H,2,4,6-13H2,1H3;;(H3,1,2,3,4)/q;+1;/p-1/t18-,19-,20+,21+,23+;;/m1../s1. The van der Waals surface area contributed by atoms with Gasteiger partial charge in [0.15, 0.2) is 0 Å². The molecule has 0 unspecified atom stereocenters. The SMILES string of the molecule is C[C@]12CC[C@@H]3c4ccc(OC(=O)N(CCCl)CCCl)cc4CC[C@H]3[C@@H]1CC[C@@H]2O.O=P([O-])(O)O.[Na+]. The van der Waals surface area contributed by atoms with E-state index in [0.29, 0.717) is 48.4 Å². The van der Waals surface area contributed by atoms with Gasteiger partial charge in [-0.3, -0.25) is 4.57 Å². The van der Waals surface area contributed by atoms with Crippen LogP contribution in [0.1, 0.15) is 56.1 Å². The number of rotatable bonds is 5. The topological polar surface area (TPSA) is 130 Å². The van der Waals surface area contributed by atoms with E-state index in [1.54, 1.807) is 4.90 Å². The number of ether oxygens (including phenoxy) is 1. The molecule has 5 atom stereocenters. The fourth-order valence-electron chi connectivity index (χ4n) is 6.26. The van der Waals surface area contributed by atoms with Crippen molar-refractivity contribution >= 4 is 37.1 Å². The van der Waals surface area contributed by atoms with Crippen LogP contribution in [0.2, 0.25) is 0 Å². The molecule has 2 fully saturated rings. The molecule has 0 aliphatic heterocycles. The molecule has 0 heterocycles. The molecule has 192 valence electrons. The molecule has 0 bridgehead atoms. The molecule has 12 heteroatoms. The predicted octanol–water partition coefficient (Wildman–Crippen LogP) is 0.625. The van der Waals surface area contributed by atoms with E-state index < -0.39 is 13.9 Å². The van der Waals surface area contributed by atoms with Crippen LogP contribution in [0, 0.1) is 17.3 Å². The van der Waals surface area contributed by atoms with Crippen LogP contribution < -0.4 is 39.2 Å². The third-order valence-electron chi connectivity index (χ3n) is 7.82. The van der Waals surface area contributed by atoms with Crippen molar-refractivity contribution in [1.82, 2.24) is 4.90 Å². The van der Waals surface area contributed by atoms with Crippen molar-refractivity contribution in [3.63, 3.8) is 0 Å². The van der Waals surface area contributed by atoms with Gasteiger partial charge in [-0.1, -0.05) is 13.0 Å². The second kappa shape index (κ2) is 13.3. The number of aliphatic hydroxyl groups is 1. The normalized spacial score (nSPS) is 28.9. The number of hydrogen-bond donors (Lipinski definition) is 3. The molecule has 2 saturated carbocycles. The first-order chi connectivity index (χ1) is 16.0. The zero-order valence-electron chi connectivity index (χ0n) is 20.2. The van der Waals surface area contributed by atoms with E-state index in [-0.39, 0.29) is 41.1 Å². The van der Waals surface area contributed by atoms with Crippen molar-refractivity contribution < 1.29 is 63.4 Å². The van der Waals surface area contributed by atoms with E-state index in [1.165, 1.54) is 11.1 Å². The molecule has 0 spiro atoms. The molecule has 3 aliphatic carbocycles. The van der Waals surface area contributed by atoms with Gasteiger partial charge in [-0.15, -0.1) is 23.2 Å². The average molecular weight is 560 g/mol. The van der Waals surface area contributed by atoms with Gasteiger partial charge in [0.25, 0.3) is 7.82 Å². The van der Waals surface area contributed by atoms with Crippen molar-refractivity contribution in [3.05, 3.63) is 29.3 Å². The summed E-state index contributed by atoms with van der Waals surface area (Å²) in [4.78, 5) is 36.9. The van der Waals surface area contributed by atoms with Gasteiger partial charge < -0.3 is 29.4 Å². The number of hydrogen-bond acceptors (Lipinski definition) is 5. The van der Waals surface area contributed by atoms with Gasteiger partial charge in [0.2, 0.25) is 0 Å². The van der Waals surface area contributed by atoms with Crippen LogP contribution in [-0.4, -0.2) is 56.8 Å². The fourth-order valence-corrected chi connectivity index (χ4v) is 6.67. The number of alkyl halides is 2. The van der Waals surface area contributed by atoms with Gasteiger partial charge in [-0.05, 0) is 85.0 Å². The van der Waals surface area contributed by atoms with E-state index in [9.17, 15) is 9.90 Å². The van der Waals surface area contributed by atoms with Crippen molar-refractivity contribution in [3.8, 4) is 5.75 Å². The second-order valence-electron chi connectivity index (χ2n) is 9.64. The maximum absolute atomic E-state index is 12.4. The Balaban J connectivity index is 0.000000656. The molecule has 0 radical (unpaired) electrons. The van der Waals surface area contributed by atoms with E-state index >= 15 is 0 Å². The summed E-state index contributed by atoms with van der Waals surface area (Å²) >= 11 is 11.6. The number of benzene rings is 1. The Kier molecular flexibility index (Phi) is 11.9. The average Bonchev–Trinajstić information content (AvgIpc) is 3.06. The molecular weight excluding hydrogens is 527 g/mol. The number of fused-ring (bicyclic) bond motifs is 5. The number of aryl methyl sites for hydroxylation is 1. The molecule has 3 N–H and O–H groups in total. The minimum absolute atomic E-state index is 0. The van der Waals surface area contributed by atoms with Crippen LogP contribution in [-0.2, 0) is 11.0 Å². The third kappa shape index (κ3) is 7.82. The summed E-state index contributed by atoms with van der Waals surface area (Å²) in [5, 5.41) is 10.5. The molecule has 0 saturated heterocycles. The Morgan fingerprint density at radius 3 is 2.43 bits per heavy atom. The number of halogens is 2. The molecule has 0 aromatic heterocycles. The number of phosphoric acid groups is 1. The molecule has 1 aromatic rings. The van der Waals surface area contributed by atoms with Crippen molar-refractivity contribution in [2.45, 2.75) is 57.5 Å². The quantitative estimate of drug-likeness (QED) is 0.274. The van der Waals surface area contributed by atoms with E-state index in [2.05, 4.69) is 13.0 Å². The number of carbonyl (C=O) groups excluding carboxylic acids is 1. The van der Waals surface area contributed by atoms with Crippen molar-refractivity contribution in [2.24, 2.45) is 17.3 Å². The molecule has 8 nitrogen and oxygen atoms in total. The second-order valence-corrected chi connectivity index (χ2v) is 11.4. The van der Waals surface area contributed by atoms with Gasteiger partial charge in [0.05, 0.1) is 6.10 Å². The monoisotopic (exact) mass is 559 g/mol. The van der Waals surface area contributed by atoms with E-state index in [1.807, 2.05) is 12.1 Å². The van der Waals surface area contributed by atoms with Gasteiger partial charge in [-0.2, -0.15) is 0 Å². The third-order valence-corrected chi connectivity index (χ3v) is 8.16. The zero-order valence-corrected chi connectivity index (χ0v) is 24.6. The summed E-state index contributed by atoms with van der Waals surface area (Å²) in [6.07, 6.45) is 5.98. The predicted molar refractivity (Wildman–Crippen MR) is 128 cm³/mol. The van der Waals surface area contributed by atoms with E-state index in [0.717, 1.165) is 38.5 Å². The molecular formula is C23H33Cl2NNaO7P. The Bertz CT molecular complexity index is 906. The van der Waals surface area contributed by atoms with Crippen LogP contribution in [0.4, 0.5) is 4.79 Å². The number of amides is 1. The first-order valence-electron chi connectivity index (χ1n) is 11.6. The van der Waals surface area contributed by atoms with Gasteiger partial charge >= 0.3 is 35.7 Å². The Morgan fingerprint density at radius 2 is 1.83 bits per heavy atom. The van der Waals surface area contributed by atoms with Crippen LogP contribution >= 0.6 is 31.0 Å². The van der Waals surface area contributed by atoms with Gasteiger partial charge in [-0.25, -0.2) is 4.79 Å². The minimum Gasteiger partial charge on any atom is -0.756 e. The first kappa shape index (κ1) is 31.4. The molecule has 1 amide bonds. The summed E-state index contributed by atoms with van der Waals surface area (Å²) in [5.74, 6) is 3.16. The Hall–Kier alpha value is 0.140. The summed E-state index contributed by atoms with van der Waals surface area (Å²) in [7, 11) is -4.89. The Labute approximate surface area is 238 Å². The van der Waals surface area contributed by atoms with Crippen LogP contribution in [0.25, 0.3) is 0 Å². The van der Waals surface area contributed by atoms with Crippen molar-refractivity contribution in [2.75, 3.05) is 24.8 Å². The smallest absolute Gasteiger partial charge is 0.756 e. The van der Waals surface area contributed by atoms with Gasteiger partial charge in [0.1, 0.15) is 5.75 Å². The van der Waals surface area contributed by atoms with Crippen LogP contribution in [0.15, 0.2) is 18.2 Å². The maximum Gasteiger partial charge on any atom is 1.00 e. The minimum atomic E-state index is -4.89. The number of aliphatic hydroxyl groups excluding tert-OH is 1. The number of nitrogens with zero attached hydrogens (tertiary/aromatic N) is 1. The molecule has 35 heavy (non-hydrogen) atoms. The molecule has 4 rings (SSSR count). The zero-order chi connectivity index (χ0) is 25.1. The first-order valence-corrected chi connectivity index (χ1v) is 14.2. The van der Waals surface area contributed by atoms with E-state index in [4.69, 9.17) is 47.2 Å². The molecule has 1 aromatic carbocycles. The Morgan fingerprint density at radius 1 is 1.20 bits per heavy atom. The maximum atomic E-state index is 12.4. The van der Waals surface area contributed by atoms with Crippen LogP contribution in [0.5, 0.6) is 5.75 Å². The van der Waals surface area contributed by atoms with Crippen molar-refractivity contribution in [1.29, 1.82) is 0 Å². The summed E-state index contributed by atoms with van der Waals surface area (Å²) in [6, 6.07) is 6.13. The summed E-state index contributed by atoms with van der Waals surface area (Å²) in [6.45, 7) is 3.15. The fraction of sp³-hybridized carbons (Fsp3) is 0.696. The van der Waals surface area contributed by atoms with Crippen LogP contribution in [0.3, 0.4) is 0 Å².